The fraction of sp³-hybridized carbons (Fsp3) is 0.923. The zero-order chi connectivity index (χ0) is 10.2. The third kappa shape index (κ3) is 4.26. The van der Waals surface area contributed by atoms with Gasteiger partial charge in [-0.25, -0.2) is 0 Å². The van der Waals surface area contributed by atoms with Crippen LogP contribution in [-0.2, 0) is 0 Å². The molecule has 0 aromatic carbocycles. The summed E-state index contributed by atoms with van der Waals surface area (Å²) in [5.41, 5.74) is 1.51. The van der Waals surface area contributed by atoms with E-state index < -0.39 is 0 Å². The maximum Gasteiger partial charge on any atom is 0.0500 e. The molecule has 0 radical (unpaired) electrons. The molecule has 0 unspecified atom stereocenters. The molecule has 0 aromatic rings. The molecule has 1 aliphatic rings. The van der Waals surface area contributed by atoms with Crippen LogP contribution < -0.4 is 0 Å². The Labute approximate surface area is 89.0 Å². The molecule has 0 fully saturated rings. The Kier molecular flexibility index (Phi) is 5.89. The van der Waals surface area contributed by atoms with E-state index in [4.69, 9.17) is 4.99 Å². The molecule has 1 nitrogen and oxygen atoms in total. The number of unbranched alkanes of at least 4 members (excludes halogenated alkanes) is 4. The Morgan fingerprint density at radius 2 is 1.93 bits per heavy atom. The van der Waals surface area contributed by atoms with Crippen molar-refractivity contribution in [2.75, 3.05) is 0 Å². The first-order valence-corrected chi connectivity index (χ1v) is 6.42. The van der Waals surface area contributed by atoms with E-state index in [9.17, 15) is 0 Å². The Morgan fingerprint density at radius 3 is 2.57 bits per heavy atom. The summed E-state index contributed by atoms with van der Waals surface area (Å²) < 4.78 is 0. The average Bonchev–Trinajstić information content (AvgIpc) is 2.65. The first kappa shape index (κ1) is 11.7. The van der Waals surface area contributed by atoms with Gasteiger partial charge in [-0.3, -0.25) is 4.99 Å². The molecule has 0 aromatic heterocycles. The van der Waals surface area contributed by atoms with Crippen LogP contribution in [0, 0.1) is 0 Å². The molecule has 0 N–H and O–H groups in total. The van der Waals surface area contributed by atoms with Crippen molar-refractivity contribution in [1.29, 1.82) is 0 Å². The minimum absolute atomic E-state index is 0.667. The summed E-state index contributed by atoms with van der Waals surface area (Å²) in [4.78, 5) is 4.74. The van der Waals surface area contributed by atoms with Crippen molar-refractivity contribution >= 4 is 5.71 Å². The standard InChI is InChI=1S/C13H25N/c1-3-5-6-7-8-9-13-11-10-12(4-2)14-13/h12H,3-11H2,1-2H3/t12-/m0/s1. The zero-order valence-electron chi connectivity index (χ0n) is 9.89. The van der Waals surface area contributed by atoms with Crippen molar-refractivity contribution < 1.29 is 0 Å². The second kappa shape index (κ2) is 7.03. The van der Waals surface area contributed by atoms with Gasteiger partial charge in [-0.05, 0) is 32.1 Å². The molecule has 0 spiro atoms. The lowest BCUT2D eigenvalue weighted by Crippen LogP contribution is -1.94. The highest BCUT2D eigenvalue weighted by Gasteiger charge is 2.14. The molecule has 1 heteroatoms. The molecular weight excluding hydrogens is 170 g/mol. The first-order chi connectivity index (χ1) is 6.86. The summed E-state index contributed by atoms with van der Waals surface area (Å²) >= 11 is 0. The third-order valence-corrected chi connectivity index (χ3v) is 3.17. The van der Waals surface area contributed by atoms with E-state index in [0.29, 0.717) is 6.04 Å². The van der Waals surface area contributed by atoms with Crippen LogP contribution in [0.3, 0.4) is 0 Å². The molecule has 0 saturated carbocycles. The van der Waals surface area contributed by atoms with E-state index in [-0.39, 0.29) is 0 Å². The quantitative estimate of drug-likeness (QED) is 0.535. The van der Waals surface area contributed by atoms with E-state index >= 15 is 0 Å². The van der Waals surface area contributed by atoms with Crippen LogP contribution >= 0.6 is 0 Å². The molecule has 0 amide bonds. The van der Waals surface area contributed by atoms with Gasteiger partial charge in [-0.1, -0.05) is 39.5 Å². The van der Waals surface area contributed by atoms with Crippen LogP contribution in [0.1, 0.15) is 71.6 Å². The van der Waals surface area contributed by atoms with E-state index in [1.54, 1.807) is 0 Å². The van der Waals surface area contributed by atoms with Gasteiger partial charge < -0.3 is 0 Å². The zero-order valence-corrected chi connectivity index (χ0v) is 9.89. The molecule has 0 aliphatic carbocycles. The number of aliphatic imine (C=N–C) groups is 1. The van der Waals surface area contributed by atoms with E-state index in [0.717, 1.165) is 0 Å². The van der Waals surface area contributed by atoms with Gasteiger partial charge in [0, 0.05) is 11.8 Å². The van der Waals surface area contributed by atoms with Gasteiger partial charge in [-0.2, -0.15) is 0 Å². The van der Waals surface area contributed by atoms with Crippen LogP contribution in [0.5, 0.6) is 0 Å². The summed E-state index contributed by atoms with van der Waals surface area (Å²) in [6.07, 6.45) is 12.1. The number of hydrogen-bond donors (Lipinski definition) is 0. The molecule has 14 heavy (non-hydrogen) atoms. The molecule has 82 valence electrons. The lowest BCUT2D eigenvalue weighted by atomic mass is 10.1. The van der Waals surface area contributed by atoms with Gasteiger partial charge in [0.2, 0.25) is 0 Å². The van der Waals surface area contributed by atoms with Crippen molar-refractivity contribution in [2.24, 2.45) is 4.99 Å². The Hall–Kier alpha value is -0.330. The lowest BCUT2D eigenvalue weighted by Gasteiger charge is -2.00. The fourth-order valence-electron chi connectivity index (χ4n) is 2.14. The Bertz CT molecular complexity index is 172. The third-order valence-electron chi connectivity index (χ3n) is 3.17. The van der Waals surface area contributed by atoms with E-state index in [2.05, 4.69) is 13.8 Å². The van der Waals surface area contributed by atoms with Gasteiger partial charge in [-0.15, -0.1) is 0 Å². The highest BCUT2D eigenvalue weighted by molar-refractivity contribution is 5.86. The van der Waals surface area contributed by atoms with Gasteiger partial charge in [0.25, 0.3) is 0 Å². The van der Waals surface area contributed by atoms with Crippen molar-refractivity contribution in [1.82, 2.24) is 0 Å². The Balaban J connectivity index is 2.02. The molecule has 1 aliphatic heterocycles. The summed E-state index contributed by atoms with van der Waals surface area (Å²) in [6, 6.07) is 0.667. The van der Waals surface area contributed by atoms with Crippen molar-refractivity contribution in [3.63, 3.8) is 0 Å². The minimum Gasteiger partial charge on any atom is -0.291 e. The number of nitrogens with zero attached hydrogens (tertiary/aromatic N) is 1. The lowest BCUT2D eigenvalue weighted by molar-refractivity contribution is 0.642. The topological polar surface area (TPSA) is 12.4 Å². The second-order valence-corrected chi connectivity index (χ2v) is 4.46. The first-order valence-electron chi connectivity index (χ1n) is 6.42. The molecule has 1 rings (SSSR count). The number of rotatable bonds is 7. The second-order valence-electron chi connectivity index (χ2n) is 4.46. The minimum atomic E-state index is 0.667. The van der Waals surface area contributed by atoms with Crippen LogP contribution in [0.25, 0.3) is 0 Å². The highest BCUT2D eigenvalue weighted by Crippen LogP contribution is 2.19. The molecular formula is C13H25N. The normalized spacial score (nSPS) is 21.3. The van der Waals surface area contributed by atoms with E-state index in [1.807, 2.05) is 0 Å². The molecule has 0 saturated heterocycles. The summed E-state index contributed by atoms with van der Waals surface area (Å²) in [7, 11) is 0. The smallest absolute Gasteiger partial charge is 0.0500 e. The molecule has 0 bridgehead atoms. The number of hydrogen-bond acceptors (Lipinski definition) is 1. The summed E-state index contributed by atoms with van der Waals surface area (Å²) in [6.45, 7) is 4.52. The van der Waals surface area contributed by atoms with Crippen LogP contribution in [-0.4, -0.2) is 11.8 Å². The molecule has 1 atom stereocenters. The van der Waals surface area contributed by atoms with E-state index in [1.165, 1.54) is 63.5 Å². The largest absolute Gasteiger partial charge is 0.291 e. The van der Waals surface area contributed by atoms with Gasteiger partial charge in [0.05, 0.1) is 0 Å². The van der Waals surface area contributed by atoms with Gasteiger partial charge >= 0.3 is 0 Å². The van der Waals surface area contributed by atoms with Crippen LogP contribution in [0.4, 0.5) is 0 Å². The molecule has 1 heterocycles. The fourth-order valence-corrected chi connectivity index (χ4v) is 2.14. The van der Waals surface area contributed by atoms with Gasteiger partial charge in [0.15, 0.2) is 0 Å². The highest BCUT2D eigenvalue weighted by atomic mass is 14.8. The summed E-state index contributed by atoms with van der Waals surface area (Å²) in [5.74, 6) is 0. The van der Waals surface area contributed by atoms with Crippen molar-refractivity contribution in [2.45, 2.75) is 77.7 Å². The Morgan fingerprint density at radius 1 is 1.14 bits per heavy atom. The van der Waals surface area contributed by atoms with Gasteiger partial charge in [0.1, 0.15) is 0 Å². The average molecular weight is 195 g/mol. The maximum atomic E-state index is 4.74. The maximum absolute atomic E-state index is 4.74. The van der Waals surface area contributed by atoms with Crippen LogP contribution in [0.15, 0.2) is 4.99 Å². The van der Waals surface area contributed by atoms with Crippen LogP contribution in [0.2, 0.25) is 0 Å². The monoisotopic (exact) mass is 195 g/mol. The summed E-state index contributed by atoms with van der Waals surface area (Å²) in [5, 5.41) is 0. The SMILES string of the molecule is CCCCCCCC1=N[C@@H](CC)CC1. The van der Waals surface area contributed by atoms with Crippen molar-refractivity contribution in [3.05, 3.63) is 0 Å². The predicted octanol–water partition coefficient (Wildman–Crippen LogP) is 4.36. The van der Waals surface area contributed by atoms with Crippen molar-refractivity contribution in [3.8, 4) is 0 Å². The predicted molar refractivity (Wildman–Crippen MR) is 64.1 cm³/mol.